The molecule has 0 aliphatic carbocycles. The lowest BCUT2D eigenvalue weighted by molar-refractivity contribution is -0.148. The van der Waals surface area contributed by atoms with Gasteiger partial charge >= 0.3 is 5.97 Å². The average molecular weight is 311 g/mol. The maximum Gasteiger partial charge on any atom is 0.310 e. The van der Waals surface area contributed by atoms with Gasteiger partial charge in [-0.15, -0.1) is 11.8 Å². The number of rotatable bonds is 9. The van der Waals surface area contributed by atoms with E-state index in [1.807, 2.05) is 13.0 Å². The number of anilines is 1. The Labute approximate surface area is 131 Å². The van der Waals surface area contributed by atoms with E-state index < -0.39 is 11.4 Å². The van der Waals surface area contributed by atoms with Crippen molar-refractivity contribution in [1.82, 2.24) is 0 Å². The number of unbranched alkanes of at least 4 members (excludes halogenated alkanes) is 1. The number of methoxy groups -OCH3 is 1. The summed E-state index contributed by atoms with van der Waals surface area (Å²) in [5, 5.41) is 9.63. The van der Waals surface area contributed by atoms with Crippen molar-refractivity contribution in [1.29, 1.82) is 0 Å². The van der Waals surface area contributed by atoms with Crippen LogP contribution in [-0.2, 0) is 4.79 Å². The molecule has 4 nitrogen and oxygen atoms in total. The SMILES string of the molecule is CCCCC(CC)(CSc1cc(OC)ccc1N)C(=O)O. The smallest absolute Gasteiger partial charge is 0.310 e. The number of aliphatic carboxylic acids is 1. The maximum absolute atomic E-state index is 11.7. The summed E-state index contributed by atoms with van der Waals surface area (Å²) in [5.74, 6) is 0.543. The maximum atomic E-state index is 11.7. The van der Waals surface area contributed by atoms with Crippen molar-refractivity contribution in [2.24, 2.45) is 5.41 Å². The van der Waals surface area contributed by atoms with E-state index in [2.05, 4.69) is 6.92 Å². The standard InChI is InChI=1S/C16H25NO3S/c1-4-6-9-16(5-2,15(18)19)11-21-14-10-12(20-3)7-8-13(14)17/h7-8,10H,4-6,9,11,17H2,1-3H3,(H,18,19). The number of benzene rings is 1. The molecule has 0 amide bonds. The molecule has 0 saturated carbocycles. The Morgan fingerprint density at radius 3 is 2.67 bits per heavy atom. The second-order valence-corrected chi connectivity index (χ2v) is 6.25. The highest BCUT2D eigenvalue weighted by molar-refractivity contribution is 7.99. The third-order valence-electron chi connectivity index (χ3n) is 3.86. The molecule has 3 N–H and O–H groups in total. The summed E-state index contributed by atoms with van der Waals surface area (Å²) in [6, 6.07) is 5.46. The molecule has 0 heterocycles. The molecule has 1 aromatic carbocycles. The number of nitrogens with two attached hydrogens (primary N) is 1. The van der Waals surface area contributed by atoms with Gasteiger partial charge in [0.2, 0.25) is 0 Å². The lowest BCUT2D eigenvalue weighted by Gasteiger charge is -2.28. The minimum absolute atomic E-state index is 0.524. The normalized spacial score (nSPS) is 13.7. The molecule has 1 unspecified atom stereocenters. The van der Waals surface area contributed by atoms with Gasteiger partial charge in [0, 0.05) is 16.3 Å². The first-order valence-corrected chi connectivity index (χ1v) is 8.27. The predicted octanol–water partition coefficient (Wildman–Crippen LogP) is 4.04. The highest BCUT2D eigenvalue weighted by Crippen LogP contribution is 2.38. The third-order valence-corrected chi connectivity index (χ3v) is 5.23. The Balaban J connectivity index is 2.88. The summed E-state index contributed by atoms with van der Waals surface area (Å²) >= 11 is 1.50. The summed E-state index contributed by atoms with van der Waals surface area (Å²) in [6.07, 6.45) is 3.25. The molecular formula is C16H25NO3S. The lowest BCUT2D eigenvalue weighted by atomic mass is 9.82. The van der Waals surface area contributed by atoms with Crippen molar-refractivity contribution in [3.05, 3.63) is 18.2 Å². The molecule has 1 atom stereocenters. The van der Waals surface area contributed by atoms with E-state index in [0.717, 1.165) is 23.5 Å². The molecule has 0 aliphatic rings. The molecular weight excluding hydrogens is 286 g/mol. The second kappa shape index (κ2) is 8.17. The fraction of sp³-hybridized carbons (Fsp3) is 0.562. The van der Waals surface area contributed by atoms with E-state index in [9.17, 15) is 9.90 Å². The van der Waals surface area contributed by atoms with Crippen molar-refractivity contribution in [3.63, 3.8) is 0 Å². The molecule has 0 fully saturated rings. The topological polar surface area (TPSA) is 72.5 Å². The van der Waals surface area contributed by atoms with Crippen LogP contribution in [0.15, 0.2) is 23.1 Å². The van der Waals surface area contributed by atoms with Crippen LogP contribution in [0.5, 0.6) is 5.75 Å². The van der Waals surface area contributed by atoms with Crippen molar-refractivity contribution in [2.45, 2.75) is 44.4 Å². The first kappa shape index (κ1) is 17.7. The molecule has 0 bridgehead atoms. The summed E-state index contributed by atoms with van der Waals surface area (Å²) in [4.78, 5) is 12.6. The molecule has 1 rings (SSSR count). The largest absolute Gasteiger partial charge is 0.497 e. The van der Waals surface area contributed by atoms with Gasteiger partial charge in [0.25, 0.3) is 0 Å². The van der Waals surface area contributed by atoms with Gasteiger partial charge in [-0.05, 0) is 31.0 Å². The monoisotopic (exact) mass is 311 g/mol. The van der Waals surface area contributed by atoms with Crippen LogP contribution < -0.4 is 10.5 Å². The summed E-state index contributed by atoms with van der Waals surface area (Å²) < 4.78 is 5.20. The quantitative estimate of drug-likeness (QED) is 0.532. The number of ether oxygens (including phenoxy) is 1. The molecule has 0 spiro atoms. The van der Waals surface area contributed by atoms with Crippen LogP contribution in [0.25, 0.3) is 0 Å². The highest BCUT2D eigenvalue weighted by atomic mass is 32.2. The first-order valence-electron chi connectivity index (χ1n) is 7.28. The first-order chi connectivity index (χ1) is 9.99. The lowest BCUT2D eigenvalue weighted by Crippen LogP contribution is -2.33. The molecule has 21 heavy (non-hydrogen) atoms. The van der Waals surface area contributed by atoms with E-state index in [0.29, 0.717) is 24.3 Å². The Hall–Kier alpha value is -1.36. The molecule has 1 aromatic rings. The highest BCUT2D eigenvalue weighted by Gasteiger charge is 2.36. The van der Waals surface area contributed by atoms with Gasteiger partial charge in [0.05, 0.1) is 12.5 Å². The van der Waals surface area contributed by atoms with Gasteiger partial charge in [0.1, 0.15) is 5.75 Å². The average Bonchev–Trinajstić information content (AvgIpc) is 2.49. The number of carboxylic acids is 1. The van der Waals surface area contributed by atoms with E-state index in [4.69, 9.17) is 10.5 Å². The van der Waals surface area contributed by atoms with Crippen LogP contribution in [0.2, 0.25) is 0 Å². The summed E-state index contributed by atoms with van der Waals surface area (Å²) in [5.41, 5.74) is 5.94. The summed E-state index contributed by atoms with van der Waals surface area (Å²) in [6.45, 7) is 4.02. The summed E-state index contributed by atoms with van der Waals surface area (Å²) in [7, 11) is 1.61. The second-order valence-electron chi connectivity index (χ2n) is 5.24. The zero-order valence-electron chi connectivity index (χ0n) is 13.0. The van der Waals surface area contributed by atoms with Gasteiger partial charge in [-0.25, -0.2) is 0 Å². The Morgan fingerprint density at radius 1 is 1.43 bits per heavy atom. The van der Waals surface area contributed by atoms with Crippen LogP contribution in [-0.4, -0.2) is 23.9 Å². The number of carbonyl (C=O) groups is 1. The molecule has 0 aliphatic heterocycles. The molecule has 0 aromatic heterocycles. The van der Waals surface area contributed by atoms with E-state index in [-0.39, 0.29) is 0 Å². The van der Waals surface area contributed by atoms with E-state index in [1.165, 1.54) is 11.8 Å². The van der Waals surface area contributed by atoms with Gasteiger partial charge in [-0.2, -0.15) is 0 Å². The third kappa shape index (κ3) is 4.56. The van der Waals surface area contributed by atoms with Gasteiger partial charge in [-0.1, -0.05) is 26.7 Å². The van der Waals surface area contributed by atoms with Gasteiger partial charge in [0.15, 0.2) is 0 Å². The zero-order chi connectivity index (χ0) is 15.9. The van der Waals surface area contributed by atoms with Crippen LogP contribution >= 0.6 is 11.8 Å². The van der Waals surface area contributed by atoms with Crippen LogP contribution in [0, 0.1) is 5.41 Å². The Bertz CT molecular complexity index is 479. The van der Waals surface area contributed by atoms with Crippen LogP contribution in [0.3, 0.4) is 0 Å². The number of carboxylic acid groups (broad SMARTS) is 1. The molecule has 118 valence electrons. The molecule has 0 saturated heterocycles. The fourth-order valence-electron chi connectivity index (χ4n) is 2.17. The van der Waals surface area contributed by atoms with Crippen molar-refractivity contribution in [3.8, 4) is 5.75 Å². The number of hydrogen-bond donors (Lipinski definition) is 2. The van der Waals surface area contributed by atoms with Crippen LogP contribution in [0.1, 0.15) is 39.5 Å². The molecule has 5 heteroatoms. The van der Waals surface area contributed by atoms with Gasteiger partial charge < -0.3 is 15.6 Å². The molecule has 0 radical (unpaired) electrons. The van der Waals surface area contributed by atoms with Gasteiger partial charge in [-0.3, -0.25) is 4.79 Å². The number of nitrogen functional groups attached to an aromatic ring is 1. The Kier molecular flexibility index (Phi) is 6.89. The number of thioether (sulfide) groups is 1. The van der Waals surface area contributed by atoms with Crippen molar-refractivity contribution < 1.29 is 14.6 Å². The number of hydrogen-bond acceptors (Lipinski definition) is 4. The minimum Gasteiger partial charge on any atom is -0.497 e. The minimum atomic E-state index is -0.715. The Morgan fingerprint density at radius 2 is 2.14 bits per heavy atom. The zero-order valence-corrected chi connectivity index (χ0v) is 13.8. The van der Waals surface area contributed by atoms with Crippen molar-refractivity contribution in [2.75, 3.05) is 18.6 Å². The van der Waals surface area contributed by atoms with Crippen molar-refractivity contribution >= 4 is 23.4 Å². The van der Waals surface area contributed by atoms with E-state index in [1.54, 1.807) is 19.2 Å². The van der Waals surface area contributed by atoms with Crippen LogP contribution in [0.4, 0.5) is 5.69 Å². The van der Waals surface area contributed by atoms with E-state index >= 15 is 0 Å². The predicted molar refractivity (Wildman–Crippen MR) is 88.0 cm³/mol. The fourth-order valence-corrected chi connectivity index (χ4v) is 3.51.